The Morgan fingerprint density at radius 3 is 2.60 bits per heavy atom. The number of hydrogen-bond donors (Lipinski definition) is 2. The topological polar surface area (TPSA) is 84.1 Å². The molecule has 1 aromatic heterocycles. The van der Waals surface area contributed by atoms with E-state index >= 15 is 0 Å². The maximum Gasteiger partial charge on any atom is 0.413 e. The van der Waals surface area contributed by atoms with Crippen LogP contribution in [0.15, 0.2) is 16.9 Å². The Morgan fingerprint density at radius 1 is 1.47 bits per heavy atom. The first-order chi connectivity index (χ1) is 6.87. The molecule has 0 aliphatic carbocycles. The van der Waals surface area contributed by atoms with Crippen molar-refractivity contribution in [2.45, 2.75) is 26.4 Å². The molecule has 2 N–H and O–H groups in total. The molecule has 1 rings (SSSR count). The first-order valence-corrected chi connectivity index (χ1v) is 4.42. The Labute approximate surface area is 86.7 Å². The van der Waals surface area contributed by atoms with E-state index in [-0.39, 0.29) is 11.4 Å². The van der Waals surface area contributed by atoms with Crippen LogP contribution >= 0.6 is 0 Å². The maximum atomic E-state index is 11.2. The predicted molar refractivity (Wildman–Crippen MR) is 54.7 cm³/mol. The summed E-state index contributed by atoms with van der Waals surface area (Å²) in [5, 5.41) is 8.17. The minimum Gasteiger partial charge on any atom is -0.444 e. The van der Waals surface area contributed by atoms with E-state index in [2.05, 4.69) is 15.5 Å². The molecule has 1 amide bonds. The third kappa shape index (κ3) is 4.26. The number of ether oxygens (including phenoxy) is 1. The van der Waals surface area contributed by atoms with Gasteiger partial charge >= 0.3 is 6.09 Å². The summed E-state index contributed by atoms with van der Waals surface area (Å²) >= 11 is 0. The third-order valence-electron chi connectivity index (χ3n) is 1.31. The summed E-state index contributed by atoms with van der Waals surface area (Å²) in [7, 11) is 0. The van der Waals surface area contributed by atoms with Crippen molar-refractivity contribution in [3.63, 3.8) is 0 Å². The van der Waals surface area contributed by atoms with E-state index in [1.165, 1.54) is 12.1 Å². The molecule has 1 aromatic rings. The first-order valence-electron chi connectivity index (χ1n) is 4.42. The van der Waals surface area contributed by atoms with Crippen LogP contribution in [0.3, 0.4) is 0 Å². The van der Waals surface area contributed by atoms with Gasteiger partial charge in [-0.25, -0.2) is 9.89 Å². The number of nitrogens with zero attached hydrogens (tertiary/aromatic N) is 1. The number of aromatic nitrogens is 2. The summed E-state index contributed by atoms with van der Waals surface area (Å²) < 4.78 is 4.99. The smallest absolute Gasteiger partial charge is 0.413 e. The van der Waals surface area contributed by atoms with Crippen molar-refractivity contribution in [2.24, 2.45) is 0 Å². The van der Waals surface area contributed by atoms with Gasteiger partial charge < -0.3 is 4.74 Å². The highest BCUT2D eigenvalue weighted by atomic mass is 16.6. The zero-order chi connectivity index (χ0) is 11.5. The summed E-state index contributed by atoms with van der Waals surface area (Å²) in [4.78, 5) is 21.9. The van der Waals surface area contributed by atoms with Gasteiger partial charge in [0.15, 0.2) is 5.82 Å². The number of nitrogens with one attached hydrogen (secondary N) is 2. The SMILES string of the molecule is CC(C)(C)OC(=O)Nc1ccc(=O)[nH]n1. The number of carbonyl (C=O) groups excluding carboxylic acids is 1. The molecule has 0 fully saturated rings. The van der Waals surface area contributed by atoms with Crippen molar-refractivity contribution in [1.82, 2.24) is 10.2 Å². The molecule has 82 valence electrons. The average molecular weight is 211 g/mol. The standard InChI is InChI=1S/C9H13N3O3/c1-9(2,3)15-8(14)10-6-4-5-7(13)12-11-6/h4-5H,1-3H3,(H,12,13)(H,10,11,14). The maximum absolute atomic E-state index is 11.2. The van der Waals surface area contributed by atoms with Crippen molar-refractivity contribution >= 4 is 11.9 Å². The number of H-pyrrole nitrogens is 1. The van der Waals surface area contributed by atoms with E-state index < -0.39 is 11.7 Å². The number of amides is 1. The van der Waals surface area contributed by atoms with Gasteiger partial charge in [0, 0.05) is 6.07 Å². The summed E-state index contributed by atoms with van der Waals surface area (Å²) in [6, 6.07) is 2.66. The molecule has 6 nitrogen and oxygen atoms in total. The number of carbonyl (C=O) groups is 1. The molecule has 0 atom stereocenters. The Balaban J connectivity index is 2.59. The highest BCUT2D eigenvalue weighted by Gasteiger charge is 2.16. The van der Waals surface area contributed by atoms with Crippen molar-refractivity contribution < 1.29 is 9.53 Å². The van der Waals surface area contributed by atoms with Gasteiger partial charge in [-0.05, 0) is 26.8 Å². The van der Waals surface area contributed by atoms with Crippen LogP contribution in [0.5, 0.6) is 0 Å². The molecule has 0 saturated heterocycles. The lowest BCUT2D eigenvalue weighted by atomic mass is 10.2. The first kappa shape index (κ1) is 11.2. The zero-order valence-electron chi connectivity index (χ0n) is 8.83. The quantitative estimate of drug-likeness (QED) is 0.728. The lowest BCUT2D eigenvalue weighted by molar-refractivity contribution is 0.0635. The second-order valence-corrected chi connectivity index (χ2v) is 3.93. The molecular weight excluding hydrogens is 198 g/mol. The van der Waals surface area contributed by atoms with Gasteiger partial charge in [-0.15, -0.1) is 0 Å². The van der Waals surface area contributed by atoms with Crippen LogP contribution in [0, 0.1) is 0 Å². The fourth-order valence-corrected chi connectivity index (χ4v) is 0.822. The van der Waals surface area contributed by atoms with Crippen molar-refractivity contribution in [1.29, 1.82) is 0 Å². The number of anilines is 1. The molecule has 0 unspecified atom stereocenters. The molecule has 0 spiro atoms. The molecule has 15 heavy (non-hydrogen) atoms. The summed E-state index contributed by atoms with van der Waals surface area (Å²) in [5.74, 6) is 0.240. The molecule has 0 radical (unpaired) electrons. The van der Waals surface area contributed by atoms with Gasteiger partial charge in [-0.3, -0.25) is 10.1 Å². The minimum atomic E-state index is -0.609. The fraction of sp³-hybridized carbons (Fsp3) is 0.444. The second kappa shape index (κ2) is 4.12. The third-order valence-corrected chi connectivity index (χ3v) is 1.31. The van der Waals surface area contributed by atoms with Gasteiger partial charge in [0.05, 0.1) is 0 Å². The van der Waals surface area contributed by atoms with Crippen LogP contribution in [-0.2, 0) is 4.74 Å². The molecule has 0 bridgehead atoms. The predicted octanol–water partition coefficient (Wildman–Crippen LogP) is 1.12. The average Bonchev–Trinajstić information content (AvgIpc) is 2.05. The summed E-state index contributed by atoms with van der Waals surface area (Å²) in [5.41, 5.74) is -0.892. The molecule has 0 aliphatic rings. The zero-order valence-corrected chi connectivity index (χ0v) is 8.83. The Hall–Kier alpha value is -1.85. The normalized spacial score (nSPS) is 10.9. The minimum absolute atomic E-state index is 0.240. The van der Waals surface area contributed by atoms with Crippen LogP contribution in [0.4, 0.5) is 10.6 Å². The Morgan fingerprint density at radius 2 is 2.13 bits per heavy atom. The molecule has 0 aliphatic heterocycles. The Kier molecular flexibility index (Phi) is 3.08. The van der Waals surface area contributed by atoms with Gasteiger partial charge in [-0.1, -0.05) is 0 Å². The largest absolute Gasteiger partial charge is 0.444 e. The molecule has 0 saturated carbocycles. The second-order valence-electron chi connectivity index (χ2n) is 3.93. The van der Waals surface area contributed by atoms with Gasteiger partial charge in [0.1, 0.15) is 5.60 Å². The lowest BCUT2D eigenvalue weighted by Crippen LogP contribution is -2.27. The molecule has 0 aromatic carbocycles. The fourth-order valence-electron chi connectivity index (χ4n) is 0.822. The van der Waals surface area contributed by atoms with Crippen LogP contribution in [0.1, 0.15) is 20.8 Å². The van der Waals surface area contributed by atoms with Gasteiger partial charge in [-0.2, -0.15) is 5.10 Å². The lowest BCUT2D eigenvalue weighted by Gasteiger charge is -2.19. The van der Waals surface area contributed by atoms with Crippen molar-refractivity contribution in [3.05, 3.63) is 22.5 Å². The highest BCUT2D eigenvalue weighted by Crippen LogP contribution is 2.08. The van der Waals surface area contributed by atoms with E-state index in [9.17, 15) is 9.59 Å². The van der Waals surface area contributed by atoms with E-state index in [0.29, 0.717) is 0 Å². The van der Waals surface area contributed by atoms with Crippen LogP contribution in [0.2, 0.25) is 0 Å². The molecular formula is C9H13N3O3. The van der Waals surface area contributed by atoms with E-state index in [1.54, 1.807) is 20.8 Å². The van der Waals surface area contributed by atoms with Crippen LogP contribution in [-0.4, -0.2) is 21.9 Å². The van der Waals surface area contributed by atoms with Gasteiger partial charge in [0.2, 0.25) is 0 Å². The number of rotatable bonds is 1. The monoisotopic (exact) mass is 211 g/mol. The highest BCUT2D eigenvalue weighted by molar-refractivity contribution is 5.83. The number of hydrogen-bond acceptors (Lipinski definition) is 4. The van der Waals surface area contributed by atoms with E-state index in [0.717, 1.165) is 0 Å². The van der Waals surface area contributed by atoms with Crippen molar-refractivity contribution in [2.75, 3.05) is 5.32 Å². The Bertz CT molecular complexity index is 385. The molecule has 6 heteroatoms. The van der Waals surface area contributed by atoms with E-state index in [4.69, 9.17) is 4.74 Å². The summed E-state index contributed by atoms with van der Waals surface area (Å²) in [6.07, 6.45) is -0.609. The molecule has 1 heterocycles. The summed E-state index contributed by atoms with van der Waals surface area (Å²) in [6.45, 7) is 5.27. The van der Waals surface area contributed by atoms with Crippen molar-refractivity contribution in [3.8, 4) is 0 Å². The van der Waals surface area contributed by atoms with Gasteiger partial charge in [0.25, 0.3) is 5.56 Å². The number of aromatic amines is 1. The van der Waals surface area contributed by atoms with E-state index in [1.807, 2.05) is 0 Å². The van der Waals surface area contributed by atoms with Crippen LogP contribution < -0.4 is 10.9 Å². The van der Waals surface area contributed by atoms with Crippen LogP contribution in [0.25, 0.3) is 0 Å².